The number of nitrogens with one attached hydrogen (secondary N) is 1. The SMILES string of the molecule is CC(Nc1cc(OC(F)F)c(F)cc1N)C1CCCC1. The first-order valence-electron chi connectivity index (χ1n) is 6.77. The summed E-state index contributed by atoms with van der Waals surface area (Å²) in [6.07, 6.45) is 4.68. The summed E-state index contributed by atoms with van der Waals surface area (Å²) in [5, 5.41) is 3.18. The van der Waals surface area contributed by atoms with Crippen molar-refractivity contribution in [2.24, 2.45) is 5.92 Å². The van der Waals surface area contributed by atoms with Gasteiger partial charge in [-0.3, -0.25) is 0 Å². The van der Waals surface area contributed by atoms with E-state index in [0.717, 1.165) is 18.9 Å². The molecule has 1 unspecified atom stereocenters. The summed E-state index contributed by atoms with van der Waals surface area (Å²) in [5.41, 5.74) is 6.34. The van der Waals surface area contributed by atoms with Crippen LogP contribution in [0.15, 0.2) is 12.1 Å². The molecular formula is C14H19F3N2O. The van der Waals surface area contributed by atoms with E-state index in [2.05, 4.69) is 10.1 Å². The number of nitrogen functional groups attached to an aromatic ring is 1. The van der Waals surface area contributed by atoms with E-state index < -0.39 is 18.2 Å². The Morgan fingerprint density at radius 1 is 1.30 bits per heavy atom. The van der Waals surface area contributed by atoms with Crippen LogP contribution in [0.4, 0.5) is 24.5 Å². The zero-order chi connectivity index (χ0) is 14.7. The zero-order valence-corrected chi connectivity index (χ0v) is 11.3. The van der Waals surface area contributed by atoms with Crippen LogP contribution in [0.3, 0.4) is 0 Å². The van der Waals surface area contributed by atoms with Gasteiger partial charge in [0.05, 0.1) is 11.4 Å². The van der Waals surface area contributed by atoms with Crippen molar-refractivity contribution in [3.05, 3.63) is 17.9 Å². The quantitative estimate of drug-likeness (QED) is 0.805. The first-order chi connectivity index (χ1) is 9.47. The second-order valence-electron chi connectivity index (χ2n) is 5.23. The molecule has 0 spiro atoms. The molecule has 0 amide bonds. The molecule has 3 N–H and O–H groups in total. The number of hydrogen-bond donors (Lipinski definition) is 2. The van der Waals surface area contributed by atoms with E-state index in [1.165, 1.54) is 18.9 Å². The van der Waals surface area contributed by atoms with Gasteiger partial charge < -0.3 is 15.8 Å². The first-order valence-corrected chi connectivity index (χ1v) is 6.77. The topological polar surface area (TPSA) is 47.3 Å². The van der Waals surface area contributed by atoms with E-state index in [0.29, 0.717) is 11.6 Å². The third-order valence-electron chi connectivity index (χ3n) is 3.81. The fraction of sp³-hybridized carbons (Fsp3) is 0.571. The molecule has 2 rings (SSSR count). The Morgan fingerprint density at radius 2 is 1.95 bits per heavy atom. The molecule has 0 aliphatic heterocycles. The van der Waals surface area contributed by atoms with Crippen LogP contribution in [0.25, 0.3) is 0 Å². The van der Waals surface area contributed by atoms with Crippen molar-refractivity contribution >= 4 is 11.4 Å². The summed E-state index contributed by atoms with van der Waals surface area (Å²) < 4.78 is 42.0. The fourth-order valence-corrected chi connectivity index (χ4v) is 2.70. The van der Waals surface area contributed by atoms with E-state index in [1.54, 1.807) is 0 Å². The van der Waals surface area contributed by atoms with Crippen LogP contribution in [0.1, 0.15) is 32.6 Å². The molecule has 1 fully saturated rings. The molecule has 1 aliphatic carbocycles. The van der Waals surface area contributed by atoms with Crippen LogP contribution in [-0.2, 0) is 0 Å². The molecule has 112 valence electrons. The van der Waals surface area contributed by atoms with Crippen LogP contribution < -0.4 is 15.8 Å². The lowest BCUT2D eigenvalue weighted by Crippen LogP contribution is -2.24. The molecule has 0 saturated heterocycles. The molecule has 1 aliphatic rings. The van der Waals surface area contributed by atoms with Gasteiger partial charge in [0.25, 0.3) is 0 Å². The Hall–Kier alpha value is -1.59. The molecular weight excluding hydrogens is 269 g/mol. The summed E-state index contributed by atoms with van der Waals surface area (Å²) in [5.74, 6) is -0.851. The summed E-state index contributed by atoms with van der Waals surface area (Å²) in [6, 6.07) is 2.36. The number of nitrogens with two attached hydrogens (primary N) is 1. The molecule has 1 saturated carbocycles. The third-order valence-corrected chi connectivity index (χ3v) is 3.81. The summed E-state index contributed by atoms with van der Waals surface area (Å²) in [6.45, 7) is -1.04. The van der Waals surface area contributed by atoms with Gasteiger partial charge in [-0.1, -0.05) is 12.8 Å². The van der Waals surface area contributed by atoms with Crippen LogP contribution in [0.5, 0.6) is 5.75 Å². The first kappa shape index (κ1) is 14.8. The van der Waals surface area contributed by atoms with Gasteiger partial charge in [-0.25, -0.2) is 4.39 Å². The fourth-order valence-electron chi connectivity index (χ4n) is 2.70. The minimum atomic E-state index is -3.06. The van der Waals surface area contributed by atoms with Gasteiger partial charge in [0.1, 0.15) is 0 Å². The highest BCUT2D eigenvalue weighted by atomic mass is 19.3. The van der Waals surface area contributed by atoms with E-state index in [-0.39, 0.29) is 11.7 Å². The molecule has 1 aromatic carbocycles. The number of ether oxygens (including phenoxy) is 1. The van der Waals surface area contributed by atoms with Crippen molar-refractivity contribution in [2.75, 3.05) is 11.1 Å². The zero-order valence-electron chi connectivity index (χ0n) is 11.3. The lowest BCUT2D eigenvalue weighted by molar-refractivity contribution is -0.0521. The lowest BCUT2D eigenvalue weighted by Gasteiger charge is -2.23. The van der Waals surface area contributed by atoms with E-state index in [9.17, 15) is 13.2 Å². The second kappa shape index (κ2) is 6.24. The van der Waals surface area contributed by atoms with Crippen LogP contribution >= 0.6 is 0 Å². The van der Waals surface area contributed by atoms with Crippen molar-refractivity contribution in [1.29, 1.82) is 0 Å². The smallest absolute Gasteiger partial charge is 0.387 e. The van der Waals surface area contributed by atoms with Crippen molar-refractivity contribution in [2.45, 2.75) is 45.3 Å². The van der Waals surface area contributed by atoms with Crippen molar-refractivity contribution in [3.63, 3.8) is 0 Å². The van der Waals surface area contributed by atoms with Gasteiger partial charge in [0, 0.05) is 18.2 Å². The Kier molecular flexibility index (Phi) is 4.62. The monoisotopic (exact) mass is 288 g/mol. The number of benzene rings is 1. The Labute approximate surface area is 116 Å². The average molecular weight is 288 g/mol. The highest BCUT2D eigenvalue weighted by Crippen LogP contribution is 2.33. The predicted molar refractivity (Wildman–Crippen MR) is 72.5 cm³/mol. The van der Waals surface area contributed by atoms with E-state index in [1.807, 2.05) is 6.92 Å². The molecule has 1 aromatic rings. The molecule has 0 aromatic heterocycles. The molecule has 1 atom stereocenters. The highest BCUT2D eigenvalue weighted by Gasteiger charge is 2.22. The Morgan fingerprint density at radius 3 is 2.55 bits per heavy atom. The lowest BCUT2D eigenvalue weighted by atomic mass is 9.99. The third kappa shape index (κ3) is 3.49. The van der Waals surface area contributed by atoms with Crippen LogP contribution in [0.2, 0.25) is 0 Å². The normalized spacial score (nSPS) is 17.4. The number of alkyl halides is 2. The van der Waals surface area contributed by atoms with Gasteiger partial charge in [-0.2, -0.15) is 8.78 Å². The summed E-state index contributed by atoms with van der Waals surface area (Å²) in [4.78, 5) is 0. The highest BCUT2D eigenvalue weighted by molar-refractivity contribution is 5.69. The van der Waals surface area contributed by atoms with Gasteiger partial charge >= 0.3 is 6.61 Å². The van der Waals surface area contributed by atoms with E-state index in [4.69, 9.17) is 5.73 Å². The number of halogens is 3. The van der Waals surface area contributed by atoms with Crippen LogP contribution in [-0.4, -0.2) is 12.7 Å². The Balaban J connectivity index is 2.13. The van der Waals surface area contributed by atoms with Crippen LogP contribution in [0, 0.1) is 11.7 Å². The molecule has 20 heavy (non-hydrogen) atoms. The second-order valence-corrected chi connectivity index (χ2v) is 5.23. The summed E-state index contributed by atoms with van der Waals surface area (Å²) in [7, 11) is 0. The Bertz CT molecular complexity index is 462. The molecule has 3 nitrogen and oxygen atoms in total. The maximum absolute atomic E-state index is 13.5. The van der Waals surface area contributed by atoms with Crippen molar-refractivity contribution in [1.82, 2.24) is 0 Å². The molecule has 0 radical (unpaired) electrons. The average Bonchev–Trinajstić information content (AvgIpc) is 2.88. The van der Waals surface area contributed by atoms with Crippen molar-refractivity contribution < 1.29 is 17.9 Å². The van der Waals surface area contributed by atoms with E-state index >= 15 is 0 Å². The van der Waals surface area contributed by atoms with Gasteiger partial charge in [0.15, 0.2) is 11.6 Å². The van der Waals surface area contributed by atoms with Gasteiger partial charge in [-0.05, 0) is 25.7 Å². The molecule has 0 heterocycles. The molecule has 6 heteroatoms. The van der Waals surface area contributed by atoms with Crippen molar-refractivity contribution in [3.8, 4) is 5.75 Å². The van der Waals surface area contributed by atoms with Gasteiger partial charge in [0.2, 0.25) is 0 Å². The maximum atomic E-state index is 13.5. The number of rotatable bonds is 5. The maximum Gasteiger partial charge on any atom is 0.387 e. The predicted octanol–water partition coefficient (Wildman–Crippen LogP) is 4.00. The largest absolute Gasteiger partial charge is 0.432 e. The molecule has 0 bridgehead atoms. The minimum absolute atomic E-state index is 0.157. The van der Waals surface area contributed by atoms with Gasteiger partial charge in [-0.15, -0.1) is 0 Å². The standard InChI is InChI=1S/C14H19F3N2O/c1-8(9-4-2-3-5-9)19-12-7-13(20-14(16)17)10(15)6-11(12)18/h6-9,14,19H,2-5,18H2,1H3. The number of anilines is 2. The summed E-state index contributed by atoms with van der Waals surface area (Å²) >= 11 is 0. The minimum Gasteiger partial charge on any atom is -0.432 e. The number of hydrogen-bond acceptors (Lipinski definition) is 3.